The van der Waals surface area contributed by atoms with Gasteiger partial charge in [0.1, 0.15) is 0 Å². The van der Waals surface area contributed by atoms with Crippen molar-refractivity contribution in [2.75, 3.05) is 67.7 Å². The lowest BCUT2D eigenvalue weighted by molar-refractivity contribution is -0.130. The maximum atomic E-state index is 12.0. The first-order valence-corrected chi connectivity index (χ1v) is 44.4. The lowest BCUT2D eigenvalue weighted by Gasteiger charge is -2.26. The number of anilines is 8. The van der Waals surface area contributed by atoms with Crippen LogP contribution in [0, 0.1) is 37.5 Å². The third-order valence-electron chi connectivity index (χ3n) is 24.2. The minimum absolute atomic E-state index is 0.0177. The van der Waals surface area contributed by atoms with Crippen molar-refractivity contribution in [3.05, 3.63) is 238 Å². The lowest BCUT2D eigenvalue weighted by Crippen LogP contribution is -2.34. The molecule has 5 N–H and O–H groups in total. The van der Waals surface area contributed by atoms with Crippen molar-refractivity contribution in [2.24, 2.45) is 35.7 Å². The van der Waals surface area contributed by atoms with E-state index in [2.05, 4.69) is 183 Å². The molecule has 652 valence electrons. The van der Waals surface area contributed by atoms with Crippen LogP contribution in [0.1, 0.15) is 147 Å². The maximum Gasteiger partial charge on any atom is 0.222 e. The van der Waals surface area contributed by atoms with Crippen LogP contribution in [0.15, 0.2) is 181 Å². The summed E-state index contributed by atoms with van der Waals surface area (Å²) in [6.45, 7) is 22.2. The van der Waals surface area contributed by atoms with E-state index in [1.165, 1.54) is 96.4 Å². The van der Waals surface area contributed by atoms with Crippen LogP contribution in [0.25, 0.3) is 22.4 Å². The Kier molecular flexibility index (Phi) is 28.7. The van der Waals surface area contributed by atoms with Crippen molar-refractivity contribution in [2.45, 2.75) is 184 Å². The SMILES string of the molecule is C1=CCN=C1.CC(=O)N1CCc2c(c(Nc3ccc(-c4ccccn4)cc3)nn2CC2CC2)C1.CC(=O)N1CCc2c(c(Nc3ccc(C)cc3)nn2CC2CC2)C1.CC(=O)N1CCc2c(c(Nc3ccc(C)cc3)nn2CC2CC2)C1.COCCC(=O)NCc1cccc(-c2ccc(Nc3nn(CC4CC4)c4c3CN(C(C)=O)CC4)cc2)c1.Cn1cccn1. The molecule has 11 aromatic rings. The van der Waals surface area contributed by atoms with E-state index >= 15 is 0 Å². The van der Waals surface area contributed by atoms with E-state index < -0.39 is 0 Å². The van der Waals surface area contributed by atoms with Crippen molar-refractivity contribution in [1.29, 1.82) is 0 Å². The molecule has 0 radical (unpaired) electrons. The number of aliphatic imine (C=N–C) groups is 1. The highest BCUT2D eigenvalue weighted by atomic mass is 16.5. The van der Waals surface area contributed by atoms with Crippen LogP contribution in [0.4, 0.5) is 46.0 Å². The van der Waals surface area contributed by atoms with Crippen LogP contribution >= 0.6 is 0 Å². The first kappa shape index (κ1) is 87.1. The van der Waals surface area contributed by atoms with E-state index in [4.69, 9.17) is 25.1 Å². The number of hydrogen-bond acceptors (Lipinski definition) is 17. The Morgan fingerprint density at radius 3 is 1.14 bits per heavy atom. The molecule has 0 atom stereocenters. The molecule has 0 saturated heterocycles. The predicted molar refractivity (Wildman–Crippen MR) is 490 cm³/mol. The normalized spacial score (nSPS) is 15.6. The number of nitrogens with one attached hydrogen (secondary N) is 5. The van der Waals surface area contributed by atoms with Gasteiger partial charge in [-0.1, -0.05) is 90.0 Å². The number of hydrogen-bond donors (Lipinski definition) is 5. The van der Waals surface area contributed by atoms with Gasteiger partial charge in [-0.3, -0.25) is 57.4 Å². The van der Waals surface area contributed by atoms with Crippen LogP contribution in [0.3, 0.4) is 0 Å². The zero-order chi connectivity index (χ0) is 86.9. The molecule has 27 nitrogen and oxygen atoms in total. The van der Waals surface area contributed by atoms with Crippen LogP contribution in [-0.2, 0) is 120 Å². The minimum atomic E-state index is -0.0177. The Labute approximate surface area is 733 Å². The number of aryl methyl sites for hydroxylation is 3. The fourth-order valence-corrected chi connectivity index (χ4v) is 16.0. The third kappa shape index (κ3) is 24.2. The summed E-state index contributed by atoms with van der Waals surface area (Å²) in [6.07, 6.45) is 25.5. The summed E-state index contributed by atoms with van der Waals surface area (Å²) in [6, 6.07) is 49.3. The second-order valence-corrected chi connectivity index (χ2v) is 34.3. The van der Waals surface area contributed by atoms with Gasteiger partial charge in [0.2, 0.25) is 29.5 Å². The number of fused-ring (bicyclic) bond motifs is 4. The molecule has 5 aliphatic heterocycles. The smallest absolute Gasteiger partial charge is 0.222 e. The summed E-state index contributed by atoms with van der Waals surface area (Å²) in [7, 11) is 3.48. The van der Waals surface area contributed by atoms with Gasteiger partial charge in [-0.15, -0.1) is 0 Å². The van der Waals surface area contributed by atoms with Gasteiger partial charge >= 0.3 is 0 Å². The van der Waals surface area contributed by atoms with E-state index in [1.54, 1.807) is 58.1 Å². The molecule has 0 spiro atoms. The lowest BCUT2D eigenvalue weighted by atomic mass is 10.0. The number of carbonyl (C=O) groups is 5. The Balaban J connectivity index is 0.000000125. The molecule has 5 aromatic carbocycles. The molecular weight excluding hydrogens is 1570 g/mol. The predicted octanol–water partition coefficient (Wildman–Crippen LogP) is 15.8. The highest BCUT2D eigenvalue weighted by Crippen LogP contribution is 2.40. The van der Waals surface area contributed by atoms with Crippen LogP contribution in [-0.4, -0.2) is 156 Å². The Morgan fingerprint density at radius 2 is 0.832 bits per heavy atom. The van der Waals surface area contributed by atoms with Crippen LogP contribution in [0.5, 0.6) is 0 Å². The third-order valence-corrected chi connectivity index (χ3v) is 24.2. The largest absolute Gasteiger partial charge is 0.384 e. The first-order valence-electron chi connectivity index (χ1n) is 44.4. The van der Waals surface area contributed by atoms with Gasteiger partial charge in [-0.05, 0) is 184 Å². The number of methoxy groups -OCH3 is 1. The van der Waals surface area contributed by atoms with E-state index in [0.717, 1.165) is 193 Å². The molecular formula is C98H119N21O6. The highest BCUT2D eigenvalue weighted by molar-refractivity contribution is 5.79. The zero-order valence-electron chi connectivity index (χ0n) is 73.5. The quantitative estimate of drug-likeness (QED) is 0.0398. The number of benzene rings is 5. The van der Waals surface area contributed by atoms with Gasteiger partial charge in [-0.2, -0.15) is 25.5 Å². The molecule has 125 heavy (non-hydrogen) atoms. The van der Waals surface area contributed by atoms with Gasteiger partial charge < -0.3 is 50.9 Å². The molecule has 27 heteroatoms. The molecule has 0 bridgehead atoms. The van der Waals surface area contributed by atoms with Gasteiger partial charge in [-0.25, -0.2) is 0 Å². The number of carbonyl (C=O) groups excluding carboxylic acids is 5. The molecule has 6 aromatic heterocycles. The Morgan fingerprint density at radius 1 is 0.440 bits per heavy atom. The van der Waals surface area contributed by atoms with Gasteiger partial charge in [0.05, 0.1) is 45.0 Å². The average Bonchev–Trinajstić information content (AvgIpc) is 1.64. The summed E-state index contributed by atoms with van der Waals surface area (Å²) in [5, 5.41) is 40.2. The number of allylic oxidation sites excluding steroid dienone is 1. The molecule has 4 fully saturated rings. The number of aromatic nitrogens is 11. The standard InChI is InChI=1S/C29H35N5O3.C23H25N5O.2C19H24N4O.C4H6N2.C4H5N/c1-20(35)33-14-12-27-26(19-33)29(32-34(27)18-21-6-7-21)31-25-10-8-23(9-11-25)24-5-3-4-22(16-24)17-30-28(36)13-15-37-2;1-16(29)27-13-11-22-20(15-27)23(26-28(22)14-17-5-6-17)25-19-9-7-18(8-10-19)21-4-2-3-12-24-21;2*1-13-3-7-16(8-4-13)20-19-17-12-22(14(2)24)10-9-18(17)23(21-19)11-15-5-6-15;1-6-4-2-3-5-6;1-2-4-5-3-1/h3-5,8-11,16,21H,6-7,12-15,17-19H2,1-2H3,(H,30,36)(H,31,32);2-4,7-10,12,17H,5-6,11,13-15H2,1H3,(H,25,26);2*3-4,7-8,15H,5-6,9-12H2,1-2H3,(H,20,21);2-4H,1H3;1-3H,4H2. The second kappa shape index (κ2) is 41.1. The van der Waals surface area contributed by atoms with Crippen molar-refractivity contribution in [1.82, 2.24) is 78.8 Å². The van der Waals surface area contributed by atoms with Crippen LogP contribution in [0.2, 0.25) is 0 Å². The fourth-order valence-electron chi connectivity index (χ4n) is 16.0. The Hall–Kier alpha value is -12.8. The number of pyridine rings is 1. The van der Waals surface area contributed by atoms with E-state index in [-0.39, 0.29) is 29.5 Å². The summed E-state index contributed by atoms with van der Waals surface area (Å²) in [5.74, 6) is 7.07. The molecule has 5 amide bonds. The van der Waals surface area contributed by atoms with Crippen molar-refractivity contribution >= 4 is 81.8 Å². The molecule has 4 saturated carbocycles. The molecule has 11 heterocycles. The summed E-state index contributed by atoms with van der Waals surface area (Å²) < 4.78 is 15.4. The molecule has 4 aliphatic carbocycles. The molecule has 9 aliphatic rings. The number of ether oxygens (including phenoxy) is 1. The maximum absolute atomic E-state index is 12.0. The van der Waals surface area contributed by atoms with E-state index in [9.17, 15) is 24.0 Å². The first-order chi connectivity index (χ1) is 60.8. The van der Waals surface area contributed by atoms with Crippen molar-refractivity contribution in [3.63, 3.8) is 0 Å². The number of nitrogens with zero attached hydrogens (tertiary/aromatic N) is 16. The highest BCUT2D eigenvalue weighted by Gasteiger charge is 2.35. The van der Waals surface area contributed by atoms with Gasteiger partial charge in [0.15, 0.2) is 23.3 Å². The van der Waals surface area contributed by atoms with Crippen molar-refractivity contribution in [3.8, 4) is 22.4 Å². The fraction of sp³-hybridized carbons (Fsp3) is 0.408. The summed E-state index contributed by atoms with van der Waals surface area (Å²) >= 11 is 0. The molecule has 20 rings (SSSR count). The van der Waals surface area contributed by atoms with Crippen molar-refractivity contribution < 1.29 is 28.7 Å². The van der Waals surface area contributed by atoms with Gasteiger partial charge in [0, 0.05) is 231 Å². The second-order valence-electron chi connectivity index (χ2n) is 34.3. The Bertz CT molecular complexity index is 5420. The van der Waals surface area contributed by atoms with Gasteiger partial charge in [0.25, 0.3) is 0 Å². The average molecular weight is 1690 g/mol. The monoisotopic (exact) mass is 1690 g/mol. The number of rotatable bonds is 23. The zero-order valence-corrected chi connectivity index (χ0v) is 73.5. The molecule has 0 unspecified atom stereocenters. The van der Waals surface area contributed by atoms with Crippen LogP contribution < -0.4 is 26.6 Å². The number of amides is 5. The summed E-state index contributed by atoms with van der Waals surface area (Å²) in [4.78, 5) is 75.3. The minimum Gasteiger partial charge on any atom is -0.384 e. The van der Waals surface area contributed by atoms with E-state index in [1.807, 2.05) is 81.4 Å². The summed E-state index contributed by atoms with van der Waals surface area (Å²) in [5.41, 5.74) is 21.6. The van der Waals surface area contributed by atoms with E-state index in [0.29, 0.717) is 45.8 Å². The topological polar surface area (TPSA) is 282 Å².